The molecule has 0 saturated heterocycles. The molecule has 0 aromatic heterocycles. The van der Waals surface area contributed by atoms with E-state index in [1.807, 2.05) is 42.5 Å². The van der Waals surface area contributed by atoms with Crippen molar-refractivity contribution >= 4 is 34.1 Å². The molecule has 2 rings (SSSR count). The van der Waals surface area contributed by atoms with Crippen LogP contribution in [0.3, 0.4) is 0 Å². The minimum Gasteiger partial charge on any atom is -0.496 e. The number of rotatable bonds is 3. The Bertz CT molecular complexity index is 714. The Kier molecular flexibility index (Phi) is 3.79. The topological polar surface area (TPSA) is 59.0 Å². The second-order valence-corrected chi connectivity index (χ2v) is 4.38. The molecule has 0 spiro atoms. The van der Waals surface area contributed by atoms with Gasteiger partial charge >= 0.3 is 0 Å². The molecule has 0 atom stereocenters. The van der Waals surface area contributed by atoms with Gasteiger partial charge in [-0.2, -0.15) is 5.26 Å². The largest absolute Gasteiger partial charge is 0.496 e. The average molecular weight is 268 g/mol. The molecule has 94 valence electrons. The summed E-state index contributed by atoms with van der Waals surface area (Å²) in [4.78, 5) is 0.0810. The van der Waals surface area contributed by atoms with Crippen LogP contribution in [0.4, 0.5) is 0 Å². The highest BCUT2D eigenvalue weighted by Crippen LogP contribution is 2.29. The van der Waals surface area contributed by atoms with Crippen molar-refractivity contribution in [2.75, 3.05) is 7.11 Å². The molecular formula is C15H12N2OS. The van der Waals surface area contributed by atoms with Crippen LogP contribution in [0.25, 0.3) is 16.8 Å². The normalized spacial score (nSPS) is 11.1. The molecule has 4 heteroatoms. The van der Waals surface area contributed by atoms with Crippen LogP contribution in [-0.2, 0) is 0 Å². The Morgan fingerprint density at radius 2 is 2.05 bits per heavy atom. The molecule has 0 radical (unpaired) electrons. The smallest absolute Gasteiger partial charge is 0.126 e. The van der Waals surface area contributed by atoms with Gasteiger partial charge < -0.3 is 10.5 Å². The van der Waals surface area contributed by atoms with Crippen LogP contribution in [0.5, 0.6) is 5.75 Å². The molecule has 2 aromatic rings. The average Bonchev–Trinajstić information content (AvgIpc) is 2.44. The summed E-state index contributed by atoms with van der Waals surface area (Å²) in [5.41, 5.74) is 6.61. The number of hydrogen-bond donors (Lipinski definition) is 1. The zero-order valence-electron chi connectivity index (χ0n) is 10.4. The van der Waals surface area contributed by atoms with Gasteiger partial charge in [0.25, 0.3) is 0 Å². The molecule has 0 bridgehead atoms. The Morgan fingerprint density at radius 1 is 1.32 bits per heavy atom. The van der Waals surface area contributed by atoms with Gasteiger partial charge in [0, 0.05) is 5.56 Å². The van der Waals surface area contributed by atoms with E-state index in [4.69, 9.17) is 28.0 Å². The van der Waals surface area contributed by atoms with Crippen LogP contribution in [0.2, 0.25) is 0 Å². The number of thiocarbonyl (C=S) groups is 1. The maximum Gasteiger partial charge on any atom is 0.126 e. The van der Waals surface area contributed by atoms with E-state index in [1.54, 1.807) is 13.2 Å². The monoisotopic (exact) mass is 268 g/mol. The fraction of sp³-hybridized carbons (Fsp3) is 0.0667. The number of nitrogens with zero attached hydrogens (tertiary/aromatic N) is 1. The lowest BCUT2D eigenvalue weighted by molar-refractivity contribution is 0.414. The van der Waals surface area contributed by atoms with Crippen molar-refractivity contribution in [1.82, 2.24) is 0 Å². The predicted molar refractivity (Wildman–Crippen MR) is 80.9 cm³/mol. The summed E-state index contributed by atoms with van der Waals surface area (Å²) in [6.45, 7) is 0. The maximum atomic E-state index is 9.07. The molecule has 0 aliphatic rings. The van der Waals surface area contributed by atoms with Crippen LogP contribution < -0.4 is 10.5 Å². The molecule has 0 aliphatic carbocycles. The van der Waals surface area contributed by atoms with Crippen molar-refractivity contribution in [3.8, 4) is 11.8 Å². The van der Waals surface area contributed by atoms with Crippen LogP contribution in [0, 0.1) is 11.3 Å². The van der Waals surface area contributed by atoms with E-state index in [-0.39, 0.29) is 10.6 Å². The van der Waals surface area contributed by atoms with Crippen LogP contribution >= 0.6 is 12.2 Å². The van der Waals surface area contributed by atoms with Crippen LogP contribution in [0.1, 0.15) is 5.56 Å². The van der Waals surface area contributed by atoms with Gasteiger partial charge in [0.2, 0.25) is 0 Å². The summed E-state index contributed by atoms with van der Waals surface area (Å²) >= 11 is 4.86. The highest BCUT2D eigenvalue weighted by atomic mass is 32.1. The lowest BCUT2D eigenvalue weighted by Gasteiger charge is -2.09. The van der Waals surface area contributed by atoms with Gasteiger partial charge in [-0.1, -0.05) is 42.5 Å². The van der Waals surface area contributed by atoms with Gasteiger partial charge in [-0.15, -0.1) is 0 Å². The van der Waals surface area contributed by atoms with Gasteiger partial charge in [-0.05, 0) is 22.9 Å². The Morgan fingerprint density at radius 3 is 2.68 bits per heavy atom. The van der Waals surface area contributed by atoms with Gasteiger partial charge in [-0.3, -0.25) is 0 Å². The van der Waals surface area contributed by atoms with E-state index < -0.39 is 0 Å². The molecule has 2 N–H and O–H groups in total. The predicted octanol–water partition coefficient (Wildman–Crippen LogP) is 3.04. The number of nitrogens with two attached hydrogens (primary N) is 1. The summed E-state index contributed by atoms with van der Waals surface area (Å²) < 4.78 is 5.34. The summed E-state index contributed by atoms with van der Waals surface area (Å²) in [6, 6.07) is 13.7. The Balaban J connectivity index is 2.77. The molecule has 3 nitrogen and oxygen atoms in total. The van der Waals surface area contributed by atoms with E-state index in [2.05, 4.69) is 0 Å². The van der Waals surface area contributed by atoms with E-state index >= 15 is 0 Å². The third-order valence-corrected chi connectivity index (χ3v) is 3.05. The first kappa shape index (κ1) is 13.1. The van der Waals surface area contributed by atoms with Crippen molar-refractivity contribution in [3.05, 3.63) is 47.5 Å². The first-order valence-electron chi connectivity index (χ1n) is 5.64. The number of hydrogen-bond acceptors (Lipinski definition) is 3. The lowest BCUT2D eigenvalue weighted by Crippen LogP contribution is -2.09. The highest BCUT2D eigenvalue weighted by Gasteiger charge is 2.08. The Labute approximate surface area is 116 Å². The van der Waals surface area contributed by atoms with Crippen molar-refractivity contribution in [2.24, 2.45) is 5.73 Å². The summed E-state index contributed by atoms with van der Waals surface area (Å²) in [6.07, 6.45) is 1.67. The van der Waals surface area contributed by atoms with Crippen molar-refractivity contribution < 1.29 is 4.74 Å². The van der Waals surface area contributed by atoms with Gasteiger partial charge in [-0.25, -0.2) is 0 Å². The second kappa shape index (κ2) is 5.51. The number of ether oxygens (including phenoxy) is 1. The Hall–Kier alpha value is -2.38. The summed E-state index contributed by atoms with van der Waals surface area (Å²) in [7, 11) is 1.59. The van der Waals surface area contributed by atoms with E-state index in [1.165, 1.54) is 0 Å². The third kappa shape index (κ3) is 2.56. The third-order valence-electron chi connectivity index (χ3n) is 2.83. The van der Waals surface area contributed by atoms with Gasteiger partial charge in [0.1, 0.15) is 16.8 Å². The quantitative estimate of drug-likeness (QED) is 0.528. The maximum absolute atomic E-state index is 9.07. The second-order valence-electron chi connectivity index (χ2n) is 3.94. The van der Waals surface area contributed by atoms with Crippen molar-refractivity contribution in [2.45, 2.75) is 0 Å². The minimum atomic E-state index is 0.0810. The van der Waals surface area contributed by atoms with Crippen LogP contribution in [-0.4, -0.2) is 12.1 Å². The van der Waals surface area contributed by atoms with Gasteiger partial charge in [0.15, 0.2) is 0 Å². The number of nitriles is 1. The molecular weight excluding hydrogens is 256 g/mol. The zero-order chi connectivity index (χ0) is 13.8. The SMILES string of the molecule is COc1ccc2ccccc2c1/C=C(\C#N)C(N)=S. The van der Waals surface area contributed by atoms with Crippen molar-refractivity contribution in [1.29, 1.82) is 5.26 Å². The summed E-state index contributed by atoms with van der Waals surface area (Å²) in [5, 5.41) is 11.1. The first-order chi connectivity index (χ1) is 9.17. The van der Waals surface area contributed by atoms with E-state index in [0.717, 1.165) is 16.3 Å². The fourth-order valence-electron chi connectivity index (χ4n) is 1.91. The molecule has 0 heterocycles. The van der Waals surface area contributed by atoms with Crippen LogP contribution in [0.15, 0.2) is 42.0 Å². The molecule has 0 unspecified atom stereocenters. The van der Waals surface area contributed by atoms with Gasteiger partial charge in [0.05, 0.1) is 12.7 Å². The molecule has 0 fully saturated rings. The fourth-order valence-corrected chi connectivity index (χ4v) is 2.01. The number of fused-ring (bicyclic) bond motifs is 1. The lowest BCUT2D eigenvalue weighted by atomic mass is 10.0. The molecule has 2 aromatic carbocycles. The first-order valence-corrected chi connectivity index (χ1v) is 6.05. The minimum absolute atomic E-state index is 0.0810. The molecule has 19 heavy (non-hydrogen) atoms. The standard InChI is InChI=1S/C15H12N2OS/c1-18-14-7-6-10-4-2-3-5-12(10)13(14)8-11(9-16)15(17)19/h2-8H,1H3,(H2,17,19)/b11-8+. The molecule has 0 aliphatic heterocycles. The highest BCUT2D eigenvalue weighted by molar-refractivity contribution is 7.80. The molecule has 0 saturated carbocycles. The number of benzene rings is 2. The van der Waals surface area contributed by atoms with E-state index in [9.17, 15) is 0 Å². The summed E-state index contributed by atoms with van der Waals surface area (Å²) in [5.74, 6) is 0.683. The van der Waals surface area contributed by atoms with E-state index in [0.29, 0.717) is 5.75 Å². The molecule has 0 amide bonds. The zero-order valence-corrected chi connectivity index (χ0v) is 11.2. The number of methoxy groups -OCH3 is 1. The van der Waals surface area contributed by atoms with Crippen molar-refractivity contribution in [3.63, 3.8) is 0 Å².